The van der Waals surface area contributed by atoms with Crippen LogP contribution in [-0.4, -0.2) is 53.4 Å². The molecule has 0 aromatic heterocycles. The smallest absolute Gasteiger partial charge is 0.239 e. The molecular formula is C16H25N3O4S. The highest BCUT2D eigenvalue weighted by Gasteiger charge is 2.13. The SMILES string of the molecule is COCCS(=O)(=O)NCC(=O)Nc1ccc(N2CCCCC2)cc1. The molecule has 8 heteroatoms. The van der Waals surface area contributed by atoms with Crippen molar-refractivity contribution in [2.24, 2.45) is 0 Å². The zero-order valence-corrected chi connectivity index (χ0v) is 14.8. The van der Waals surface area contributed by atoms with Gasteiger partial charge in [0, 0.05) is 31.6 Å². The number of carbonyl (C=O) groups excluding carboxylic acids is 1. The fraction of sp³-hybridized carbons (Fsp3) is 0.562. The number of amides is 1. The Kier molecular flexibility index (Phi) is 7.01. The summed E-state index contributed by atoms with van der Waals surface area (Å²) < 4.78 is 30.1. The fourth-order valence-corrected chi connectivity index (χ4v) is 3.44. The Balaban J connectivity index is 1.81. The van der Waals surface area contributed by atoms with Crippen LogP contribution in [0.2, 0.25) is 0 Å². The first-order valence-electron chi connectivity index (χ1n) is 8.11. The van der Waals surface area contributed by atoms with Crippen LogP contribution in [0.25, 0.3) is 0 Å². The lowest BCUT2D eigenvalue weighted by Gasteiger charge is -2.28. The second kappa shape index (κ2) is 9.00. The van der Waals surface area contributed by atoms with Gasteiger partial charge in [0.1, 0.15) is 0 Å². The molecule has 0 saturated carbocycles. The van der Waals surface area contributed by atoms with Gasteiger partial charge < -0.3 is 15.0 Å². The fourth-order valence-electron chi connectivity index (χ4n) is 2.55. The molecule has 1 aliphatic rings. The maximum atomic E-state index is 11.8. The molecule has 2 N–H and O–H groups in total. The highest BCUT2D eigenvalue weighted by atomic mass is 32.2. The van der Waals surface area contributed by atoms with Gasteiger partial charge >= 0.3 is 0 Å². The predicted molar refractivity (Wildman–Crippen MR) is 94.8 cm³/mol. The number of sulfonamides is 1. The number of benzene rings is 1. The van der Waals surface area contributed by atoms with E-state index in [4.69, 9.17) is 4.74 Å². The Morgan fingerprint density at radius 1 is 1.17 bits per heavy atom. The maximum absolute atomic E-state index is 11.8. The minimum absolute atomic E-state index is 0.0922. The van der Waals surface area contributed by atoms with E-state index in [-0.39, 0.29) is 18.9 Å². The van der Waals surface area contributed by atoms with Crippen molar-refractivity contribution in [1.29, 1.82) is 0 Å². The van der Waals surface area contributed by atoms with Crippen LogP contribution in [0.5, 0.6) is 0 Å². The second-order valence-corrected chi connectivity index (χ2v) is 7.70. The quantitative estimate of drug-likeness (QED) is 0.731. The molecule has 24 heavy (non-hydrogen) atoms. The molecule has 1 aliphatic heterocycles. The summed E-state index contributed by atoms with van der Waals surface area (Å²) in [6.07, 6.45) is 3.70. The molecule has 1 saturated heterocycles. The number of ether oxygens (including phenoxy) is 1. The number of hydrogen-bond donors (Lipinski definition) is 2. The minimum atomic E-state index is -3.49. The van der Waals surface area contributed by atoms with Gasteiger partial charge in [0.05, 0.1) is 18.9 Å². The number of carbonyl (C=O) groups is 1. The molecule has 0 radical (unpaired) electrons. The van der Waals surface area contributed by atoms with Crippen molar-refractivity contribution in [1.82, 2.24) is 4.72 Å². The van der Waals surface area contributed by atoms with E-state index < -0.39 is 15.9 Å². The summed E-state index contributed by atoms with van der Waals surface area (Å²) >= 11 is 0. The van der Waals surface area contributed by atoms with Gasteiger partial charge in [-0.25, -0.2) is 13.1 Å². The predicted octanol–water partition coefficient (Wildman–Crippen LogP) is 1.18. The maximum Gasteiger partial charge on any atom is 0.239 e. The normalized spacial score (nSPS) is 15.3. The van der Waals surface area contributed by atoms with Crippen molar-refractivity contribution in [3.8, 4) is 0 Å². The molecule has 7 nitrogen and oxygen atoms in total. The first-order chi connectivity index (χ1) is 11.5. The van der Waals surface area contributed by atoms with Gasteiger partial charge in [0.2, 0.25) is 15.9 Å². The number of rotatable bonds is 8. The zero-order chi connectivity index (χ0) is 17.4. The lowest BCUT2D eigenvalue weighted by atomic mass is 10.1. The summed E-state index contributed by atoms with van der Waals surface area (Å²) in [5.41, 5.74) is 1.80. The molecule has 0 atom stereocenters. The van der Waals surface area contributed by atoms with Gasteiger partial charge in [-0.3, -0.25) is 4.79 Å². The van der Waals surface area contributed by atoms with E-state index in [2.05, 4.69) is 14.9 Å². The van der Waals surface area contributed by atoms with Crippen LogP contribution in [0, 0.1) is 0 Å². The van der Waals surface area contributed by atoms with E-state index in [0.29, 0.717) is 5.69 Å². The van der Waals surface area contributed by atoms with Gasteiger partial charge in [-0.05, 0) is 43.5 Å². The first kappa shape index (κ1) is 18.7. The molecule has 1 heterocycles. The third-order valence-corrected chi connectivity index (χ3v) is 5.17. The Morgan fingerprint density at radius 2 is 1.83 bits per heavy atom. The zero-order valence-electron chi connectivity index (χ0n) is 14.0. The molecule has 0 bridgehead atoms. The lowest BCUT2D eigenvalue weighted by molar-refractivity contribution is -0.115. The molecule has 1 aromatic rings. The molecule has 134 valence electrons. The summed E-state index contributed by atoms with van der Waals surface area (Å²) in [4.78, 5) is 14.2. The van der Waals surface area contributed by atoms with E-state index >= 15 is 0 Å². The first-order valence-corrected chi connectivity index (χ1v) is 9.76. The Labute approximate surface area is 143 Å². The molecule has 1 amide bonds. The monoisotopic (exact) mass is 355 g/mol. The van der Waals surface area contributed by atoms with Crippen LogP contribution in [0.1, 0.15) is 19.3 Å². The summed E-state index contributed by atoms with van der Waals surface area (Å²) in [7, 11) is -2.07. The van der Waals surface area contributed by atoms with Crippen LogP contribution in [0.4, 0.5) is 11.4 Å². The molecule has 1 aromatic carbocycles. The topological polar surface area (TPSA) is 87.7 Å². The van der Waals surface area contributed by atoms with Crippen LogP contribution in [-0.2, 0) is 19.6 Å². The number of methoxy groups -OCH3 is 1. The lowest BCUT2D eigenvalue weighted by Crippen LogP contribution is -2.35. The number of piperidine rings is 1. The summed E-state index contributed by atoms with van der Waals surface area (Å²) in [6.45, 7) is 1.93. The van der Waals surface area contributed by atoms with Crippen LogP contribution in [0.15, 0.2) is 24.3 Å². The van der Waals surface area contributed by atoms with Crippen molar-refractivity contribution >= 4 is 27.3 Å². The summed E-state index contributed by atoms with van der Waals surface area (Å²) in [6, 6.07) is 7.62. The molecular weight excluding hydrogens is 330 g/mol. The summed E-state index contributed by atoms with van der Waals surface area (Å²) in [5, 5.41) is 2.69. The third-order valence-electron chi connectivity index (χ3n) is 3.88. The largest absolute Gasteiger partial charge is 0.384 e. The average molecular weight is 355 g/mol. The van der Waals surface area contributed by atoms with Gasteiger partial charge in [0.15, 0.2) is 0 Å². The van der Waals surface area contributed by atoms with Gasteiger partial charge in [0.25, 0.3) is 0 Å². The van der Waals surface area contributed by atoms with Crippen molar-refractivity contribution < 1.29 is 17.9 Å². The summed E-state index contributed by atoms with van der Waals surface area (Å²) in [5.74, 6) is -0.567. The van der Waals surface area contributed by atoms with Crippen molar-refractivity contribution in [2.75, 3.05) is 49.3 Å². The van der Waals surface area contributed by atoms with E-state index in [9.17, 15) is 13.2 Å². The number of nitrogens with one attached hydrogen (secondary N) is 2. The number of hydrogen-bond acceptors (Lipinski definition) is 5. The van der Waals surface area contributed by atoms with Gasteiger partial charge in [-0.15, -0.1) is 0 Å². The number of nitrogens with zero attached hydrogens (tertiary/aromatic N) is 1. The van der Waals surface area contributed by atoms with E-state index in [1.54, 1.807) is 0 Å². The van der Waals surface area contributed by atoms with Crippen LogP contribution < -0.4 is 14.9 Å². The molecule has 0 unspecified atom stereocenters. The Hall–Kier alpha value is -1.64. The van der Waals surface area contributed by atoms with Crippen molar-refractivity contribution in [2.45, 2.75) is 19.3 Å². The highest BCUT2D eigenvalue weighted by Crippen LogP contribution is 2.21. The van der Waals surface area contributed by atoms with E-state index in [0.717, 1.165) is 18.8 Å². The Bertz CT molecular complexity index is 625. The van der Waals surface area contributed by atoms with Gasteiger partial charge in [-0.2, -0.15) is 0 Å². The van der Waals surface area contributed by atoms with Crippen molar-refractivity contribution in [3.63, 3.8) is 0 Å². The molecule has 2 rings (SSSR count). The van der Waals surface area contributed by atoms with Crippen LogP contribution in [0.3, 0.4) is 0 Å². The van der Waals surface area contributed by atoms with Crippen molar-refractivity contribution in [3.05, 3.63) is 24.3 Å². The van der Waals surface area contributed by atoms with Gasteiger partial charge in [-0.1, -0.05) is 0 Å². The standard InChI is InChI=1S/C16H25N3O4S/c1-23-11-12-24(21,22)17-13-16(20)18-14-5-7-15(8-6-14)19-9-3-2-4-10-19/h5-8,17H,2-4,9-13H2,1H3,(H,18,20). The van der Waals surface area contributed by atoms with Crippen LogP contribution >= 0.6 is 0 Å². The molecule has 0 aliphatic carbocycles. The molecule has 1 fully saturated rings. The highest BCUT2D eigenvalue weighted by molar-refractivity contribution is 7.89. The molecule has 0 spiro atoms. The third kappa shape index (κ3) is 6.10. The second-order valence-electron chi connectivity index (χ2n) is 5.78. The van der Waals surface area contributed by atoms with E-state index in [1.165, 1.54) is 26.4 Å². The minimum Gasteiger partial charge on any atom is -0.384 e. The van der Waals surface area contributed by atoms with E-state index in [1.807, 2.05) is 24.3 Å². The Morgan fingerprint density at radius 3 is 2.46 bits per heavy atom. The number of anilines is 2. The average Bonchev–Trinajstić information content (AvgIpc) is 2.60.